The van der Waals surface area contributed by atoms with Crippen LogP contribution in [0.15, 0.2) is 30.3 Å². The highest BCUT2D eigenvalue weighted by atomic mass is 32.1. The molecule has 2 aliphatic heterocycles. The Hall–Kier alpha value is -3.40. The van der Waals surface area contributed by atoms with Crippen LogP contribution in [-0.2, 0) is 17.7 Å². The summed E-state index contributed by atoms with van der Waals surface area (Å²) in [6, 6.07) is 6.42. The van der Waals surface area contributed by atoms with Crippen molar-refractivity contribution in [3.63, 3.8) is 0 Å². The molecule has 0 unspecified atom stereocenters. The van der Waals surface area contributed by atoms with Gasteiger partial charge in [-0.1, -0.05) is 12.1 Å². The van der Waals surface area contributed by atoms with Crippen LogP contribution in [0.1, 0.15) is 33.3 Å². The van der Waals surface area contributed by atoms with Gasteiger partial charge in [-0.3, -0.25) is 14.9 Å². The highest BCUT2D eigenvalue weighted by Crippen LogP contribution is 2.39. The number of thiophene rings is 1. The first-order valence-electron chi connectivity index (χ1n) is 9.53. The number of carbonyl (C=O) groups excluding carboxylic acids is 2. The molecule has 0 radical (unpaired) electrons. The van der Waals surface area contributed by atoms with Crippen molar-refractivity contribution in [2.24, 2.45) is 0 Å². The van der Waals surface area contributed by atoms with Crippen molar-refractivity contribution in [1.82, 2.24) is 10.2 Å². The Balaban J connectivity index is 1.54. The number of para-hydroxylation sites is 1. The summed E-state index contributed by atoms with van der Waals surface area (Å²) >= 11 is 1.45. The summed E-state index contributed by atoms with van der Waals surface area (Å²) in [5, 5.41) is 18.1. The van der Waals surface area contributed by atoms with Gasteiger partial charge in [0.2, 0.25) is 0 Å². The van der Waals surface area contributed by atoms with Crippen molar-refractivity contribution in [2.45, 2.75) is 26.1 Å². The summed E-state index contributed by atoms with van der Waals surface area (Å²) < 4.78 is 5.08. The smallest absolute Gasteiger partial charge is 0.410 e. The predicted molar refractivity (Wildman–Crippen MR) is 112 cm³/mol. The van der Waals surface area contributed by atoms with Crippen molar-refractivity contribution < 1.29 is 19.2 Å². The summed E-state index contributed by atoms with van der Waals surface area (Å²) in [6.45, 7) is 3.00. The number of carbonyl (C=O) groups is 2. The van der Waals surface area contributed by atoms with Crippen LogP contribution in [0.3, 0.4) is 0 Å². The molecule has 9 nitrogen and oxygen atoms in total. The number of nitro benzene ring substituents is 1. The number of rotatable bonds is 4. The average Bonchev–Trinajstić information content (AvgIpc) is 3.10. The van der Waals surface area contributed by atoms with E-state index in [1.165, 1.54) is 17.4 Å². The fourth-order valence-electron chi connectivity index (χ4n) is 3.60. The highest BCUT2D eigenvalue weighted by Gasteiger charge is 2.33. The lowest BCUT2D eigenvalue weighted by molar-refractivity contribution is -0.385. The van der Waals surface area contributed by atoms with Crippen LogP contribution in [0, 0.1) is 10.1 Å². The average molecular weight is 428 g/mol. The molecule has 0 saturated carbocycles. The summed E-state index contributed by atoms with van der Waals surface area (Å²) in [6.07, 6.45) is 3.05. The second kappa shape index (κ2) is 8.15. The van der Waals surface area contributed by atoms with E-state index in [-0.39, 0.29) is 17.7 Å². The Labute approximate surface area is 176 Å². The minimum Gasteiger partial charge on any atom is -0.450 e. The maximum atomic E-state index is 12.7. The number of nitrogens with zero attached hydrogens (tertiary/aromatic N) is 2. The van der Waals surface area contributed by atoms with Gasteiger partial charge in [0, 0.05) is 17.5 Å². The fourth-order valence-corrected chi connectivity index (χ4v) is 4.90. The molecular weight excluding hydrogens is 408 g/mol. The van der Waals surface area contributed by atoms with Gasteiger partial charge in [-0.15, -0.1) is 11.3 Å². The number of hydrogen-bond donors (Lipinski definition) is 2. The molecule has 0 fully saturated rings. The topological polar surface area (TPSA) is 114 Å². The normalized spacial score (nSPS) is 17.7. The van der Waals surface area contributed by atoms with E-state index in [1.807, 2.05) is 0 Å². The Morgan fingerprint density at radius 3 is 2.97 bits per heavy atom. The second-order valence-electron chi connectivity index (χ2n) is 6.85. The number of ether oxygens (including phenoxy) is 1. The van der Waals surface area contributed by atoms with Crippen LogP contribution in [0.4, 0.5) is 15.5 Å². The monoisotopic (exact) mass is 428 g/mol. The first-order valence-corrected chi connectivity index (χ1v) is 10.3. The Morgan fingerprint density at radius 1 is 1.40 bits per heavy atom. The lowest BCUT2D eigenvalue weighted by Crippen LogP contribution is -2.43. The van der Waals surface area contributed by atoms with Crippen molar-refractivity contribution in [3.8, 4) is 0 Å². The molecule has 0 bridgehead atoms. The van der Waals surface area contributed by atoms with Gasteiger partial charge in [0.15, 0.2) is 0 Å². The molecule has 30 heavy (non-hydrogen) atoms. The van der Waals surface area contributed by atoms with Gasteiger partial charge in [-0.2, -0.15) is 0 Å². The van der Waals surface area contributed by atoms with Crippen molar-refractivity contribution in [2.75, 3.05) is 18.5 Å². The lowest BCUT2D eigenvalue weighted by Gasteiger charge is -2.27. The van der Waals surface area contributed by atoms with Gasteiger partial charge in [-0.05, 0) is 37.1 Å². The Morgan fingerprint density at radius 2 is 2.20 bits per heavy atom. The molecule has 2 aromatic rings. The maximum Gasteiger partial charge on any atom is 0.410 e. The van der Waals surface area contributed by atoms with Crippen molar-refractivity contribution in [1.29, 1.82) is 0 Å². The van der Waals surface area contributed by atoms with Crippen LogP contribution in [0.2, 0.25) is 0 Å². The quantitative estimate of drug-likeness (QED) is 0.570. The molecule has 156 valence electrons. The molecule has 0 saturated heterocycles. The predicted octanol–water partition coefficient (Wildman–Crippen LogP) is 3.37. The van der Waals surface area contributed by atoms with Crippen LogP contribution >= 0.6 is 11.3 Å². The largest absolute Gasteiger partial charge is 0.450 e. The van der Waals surface area contributed by atoms with E-state index in [0.717, 1.165) is 15.4 Å². The van der Waals surface area contributed by atoms with Crippen LogP contribution in [0.5, 0.6) is 0 Å². The molecule has 2 aliphatic rings. The number of anilines is 1. The molecule has 1 aromatic carbocycles. The third-order valence-electron chi connectivity index (χ3n) is 4.98. The molecule has 0 spiro atoms. The number of nitrogens with one attached hydrogen (secondary N) is 2. The first kappa shape index (κ1) is 19.9. The summed E-state index contributed by atoms with van der Waals surface area (Å²) in [5.74, 6) is -0.192. The van der Waals surface area contributed by atoms with Gasteiger partial charge in [0.25, 0.3) is 11.6 Å². The first-order chi connectivity index (χ1) is 14.5. The number of amides is 2. The van der Waals surface area contributed by atoms with Gasteiger partial charge in [0.05, 0.1) is 29.2 Å². The Bertz CT molecular complexity index is 1050. The molecule has 1 atom stereocenters. The van der Waals surface area contributed by atoms with E-state index >= 15 is 0 Å². The highest BCUT2D eigenvalue weighted by molar-refractivity contribution is 7.16. The maximum absolute atomic E-state index is 12.7. The van der Waals surface area contributed by atoms with E-state index in [9.17, 15) is 19.7 Å². The van der Waals surface area contributed by atoms with Gasteiger partial charge < -0.3 is 20.3 Å². The molecule has 10 heteroatoms. The van der Waals surface area contributed by atoms with Crippen LogP contribution < -0.4 is 10.6 Å². The van der Waals surface area contributed by atoms with E-state index in [1.54, 1.807) is 42.2 Å². The SMILES string of the molecule is CCOC(=O)N1CCc2c(sc3c2C(=O)N[C@H](/C=C\c2ccccc2[N+](=O)[O-])N3)C1. The summed E-state index contributed by atoms with van der Waals surface area (Å²) in [7, 11) is 0. The fraction of sp³-hybridized carbons (Fsp3) is 0.300. The van der Waals surface area contributed by atoms with Crippen LogP contribution in [-0.4, -0.2) is 41.1 Å². The number of hydrogen-bond acceptors (Lipinski definition) is 7. The minimum atomic E-state index is -0.494. The third-order valence-corrected chi connectivity index (χ3v) is 6.13. The van der Waals surface area contributed by atoms with Crippen molar-refractivity contribution >= 4 is 40.1 Å². The molecule has 3 heterocycles. The van der Waals surface area contributed by atoms with E-state index in [0.29, 0.717) is 37.2 Å². The van der Waals surface area contributed by atoms with Gasteiger partial charge in [0.1, 0.15) is 11.2 Å². The standard InChI is InChI=1S/C20H20N4O5S/c1-2-29-20(26)23-10-9-13-15(11-23)30-19-17(13)18(25)21-16(22-19)8-7-12-5-3-4-6-14(12)24(27)28/h3-8,16,22H,2,9-11H2,1H3,(H,21,25)/b8-7-/t16-/m0/s1. The molecule has 2 amide bonds. The lowest BCUT2D eigenvalue weighted by atomic mass is 10.0. The zero-order valence-corrected chi connectivity index (χ0v) is 17.0. The molecule has 1 aromatic heterocycles. The molecule has 4 rings (SSSR count). The van der Waals surface area contributed by atoms with E-state index < -0.39 is 11.1 Å². The van der Waals surface area contributed by atoms with Gasteiger partial charge >= 0.3 is 6.09 Å². The number of fused-ring (bicyclic) bond motifs is 3. The van der Waals surface area contributed by atoms with E-state index in [4.69, 9.17) is 4.74 Å². The second-order valence-corrected chi connectivity index (χ2v) is 7.95. The summed E-state index contributed by atoms with van der Waals surface area (Å²) in [5.41, 5.74) is 2.04. The summed E-state index contributed by atoms with van der Waals surface area (Å²) in [4.78, 5) is 38.1. The zero-order valence-electron chi connectivity index (χ0n) is 16.2. The third kappa shape index (κ3) is 3.73. The molecule has 2 N–H and O–H groups in total. The minimum absolute atomic E-state index is 0.00206. The van der Waals surface area contributed by atoms with E-state index in [2.05, 4.69) is 10.6 Å². The van der Waals surface area contributed by atoms with Crippen molar-refractivity contribution in [3.05, 3.63) is 62.0 Å². The molecule has 0 aliphatic carbocycles. The number of benzene rings is 1. The zero-order chi connectivity index (χ0) is 21.3. The molecular formula is C20H20N4O5S. The Kier molecular flexibility index (Phi) is 5.40. The van der Waals surface area contributed by atoms with Gasteiger partial charge in [-0.25, -0.2) is 4.79 Å². The van der Waals surface area contributed by atoms with Crippen LogP contribution in [0.25, 0.3) is 6.08 Å². The number of nitro groups is 1.